The molecule has 0 unspecified atom stereocenters. The normalized spacial score (nSPS) is 14.2. The SMILES string of the molecule is O=C(O)c1cccc(N2CCN(C(=O)COc3ccccc3)CC2)n1. The predicted octanol–water partition coefficient (Wildman–Crippen LogP) is 1.51. The Balaban J connectivity index is 1.52. The van der Waals surface area contributed by atoms with E-state index in [1.54, 1.807) is 17.0 Å². The average molecular weight is 341 g/mol. The molecular weight excluding hydrogens is 322 g/mol. The summed E-state index contributed by atoms with van der Waals surface area (Å²) in [4.78, 5) is 31.1. The number of benzene rings is 1. The van der Waals surface area contributed by atoms with Crippen molar-refractivity contribution in [2.45, 2.75) is 0 Å². The second-order valence-corrected chi connectivity index (χ2v) is 5.66. The predicted molar refractivity (Wildman–Crippen MR) is 91.9 cm³/mol. The molecule has 2 heterocycles. The van der Waals surface area contributed by atoms with Crippen LogP contribution in [-0.4, -0.2) is 59.7 Å². The number of hydrogen-bond donors (Lipinski definition) is 1. The highest BCUT2D eigenvalue weighted by molar-refractivity contribution is 5.85. The minimum atomic E-state index is -1.05. The summed E-state index contributed by atoms with van der Waals surface area (Å²) in [6, 6.07) is 14.2. The van der Waals surface area contributed by atoms with Gasteiger partial charge in [-0.25, -0.2) is 9.78 Å². The fraction of sp³-hybridized carbons (Fsp3) is 0.278. The summed E-state index contributed by atoms with van der Waals surface area (Å²) in [6.07, 6.45) is 0. The summed E-state index contributed by atoms with van der Waals surface area (Å²) in [5.41, 5.74) is 0.0206. The molecule has 1 aromatic heterocycles. The molecule has 0 atom stereocenters. The molecule has 3 rings (SSSR count). The maximum absolute atomic E-state index is 12.2. The number of anilines is 1. The van der Waals surface area contributed by atoms with Crippen LogP contribution in [0.15, 0.2) is 48.5 Å². The number of carbonyl (C=O) groups is 2. The Morgan fingerprint density at radius 2 is 1.72 bits per heavy atom. The Morgan fingerprint density at radius 1 is 1.00 bits per heavy atom. The van der Waals surface area contributed by atoms with Gasteiger partial charge in [0.15, 0.2) is 12.3 Å². The number of aromatic nitrogens is 1. The summed E-state index contributed by atoms with van der Waals surface area (Å²) in [6.45, 7) is 2.32. The van der Waals surface area contributed by atoms with Gasteiger partial charge in [0.25, 0.3) is 5.91 Å². The molecule has 1 fully saturated rings. The van der Waals surface area contributed by atoms with E-state index in [0.29, 0.717) is 37.7 Å². The molecule has 0 aliphatic carbocycles. The van der Waals surface area contributed by atoms with E-state index in [-0.39, 0.29) is 18.2 Å². The van der Waals surface area contributed by atoms with E-state index >= 15 is 0 Å². The van der Waals surface area contributed by atoms with Crippen molar-refractivity contribution in [3.63, 3.8) is 0 Å². The molecule has 1 N–H and O–H groups in total. The molecule has 1 saturated heterocycles. The third kappa shape index (κ3) is 4.26. The quantitative estimate of drug-likeness (QED) is 0.887. The molecule has 0 bridgehead atoms. The first kappa shape index (κ1) is 16.8. The first-order valence-electron chi connectivity index (χ1n) is 8.04. The van der Waals surface area contributed by atoms with Gasteiger partial charge in [0.1, 0.15) is 11.6 Å². The number of aromatic carboxylic acids is 1. The number of amides is 1. The van der Waals surface area contributed by atoms with Crippen LogP contribution >= 0.6 is 0 Å². The first-order chi connectivity index (χ1) is 12.1. The van der Waals surface area contributed by atoms with Crippen LogP contribution in [0.4, 0.5) is 5.82 Å². The van der Waals surface area contributed by atoms with E-state index in [4.69, 9.17) is 9.84 Å². The van der Waals surface area contributed by atoms with Gasteiger partial charge in [-0.3, -0.25) is 4.79 Å². The molecule has 7 nitrogen and oxygen atoms in total. The van der Waals surface area contributed by atoms with Crippen LogP contribution in [0.2, 0.25) is 0 Å². The highest BCUT2D eigenvalue weighted by Gasteiger charge is 2.22. The zero-order valence-corrected chi connectivity index (χ0v) is 13.7. The molecule has 0 saturated carbocycles. The van der Waals surface area contributed by atoms with Crippen molar-refractivity contribution < 1.29 is 19.4 Å². The van der Waals surface area contributed by atoms with Gasteiger partial charge in [-0.05, 0) is 24.3 Å². The molecule has 130 valence electrons. The van der Waals surface area contributed by atoms with Crippen molar-refractivity contribution in [1.82, 2.24) is 9.88 Å². The van der Waals surface area contributed by atoms with E-state index in [1.807, 2.05) is 35.2 Å². The highest BCUT2D eigenvalue weighted by Crippen LogP contribution is 2.15. The van der Waals surface area contributed by atoms with Gasteiger partial charge in [0, 0.05) is 26.2 Å². The van der Waals surface area contributed by atoms with Crippen LogP contribution in [0.1, 0.15) is 10.5 Å². The topological polar surface area (TPSA) is 83.0 Å². The fourth-order valence-corrected chi connectivity index (χ4v) is 2.66. The molecule has 0 spiro atoms. The number of piperazine rings is 1. The molecule has 7 heteroatoms. The second kappa shape index (κ2) is 7.65. The largest absolute Gasteiger partial charge is 0.484 e. The Bertz CT molecular complexity index is 743. The van der Waals surface area contributed by atoms with Crippen molar-refractivity contribution in [2.75, 3.05) is 37.7 Å². The number of carboxylic acid groups (broad SMARTS) is 1. The van der Waals surface area contributed by atoms with Gasteiger partial charge < -0.3 is 19.6 Å². The third-order valence-electron chi connectivity index (χ3n) is 4.02. The lowest BCUT2D eigenvalue weighted by Crippen LogP contribution is -2.50. The van der Waals surface area contributed by atoms with E-state index in [2.05, 4.69) is 4.98 Å². The van der Waals surface area contributed by atoms with Crippen molar-refractivity contribution in [3.05, 3.63) is 54.2 Å². The van der Waals surface area contributed by atoms with E-state index in [9.17, 15) is 9.59 Å². The van der Waals surface area contributed by atoms with Crippen molar-refractivity contribution in [2.24, 2.45) is 0 Å². The van der Waals surface area contributed by atoms with Gasteiger partial charge in [0.2, 0.25) is 0 Å². The maximum atomic E-state index is 12.2. The van der Waals surface area contributed by atoms with Crippen LogP contribution in [0.5, 0.6) is 5.75 Å². The monoisotopic (exact) mass is 341 g/mol. The average Bonchev–Trinajstić information content (AvgIpc) is 2.67. The fourth-order valence-electron chi connectivity index (χ4n) is 2.66. The number of rotatable bonds is 5. The summed E-state index contributed by atoms with van der Waals surface area (Å²) in [7, 11) is 0. The van der Waals surface area contributed by atoms with Gasteiger partial charge in [-0.1, -0.05) is 24.3 Å². The Hall–Kier alpha value is -3.09. The van der Waals surface area contributed by atoms with Crippen molar-refractivity contribution in [1.29, 1.82) is 0 Å². The van der Waals surface area contributed by atoms with E-state index in [1.165, 1.54) is 6.07 Å². The zero-order chi connectivity index (χ0) is 17.6. The summed E-state index contributed by atoms with van der Waals surface area (Å²) < 4.78 is 5.49. The number of ether oxygens (including phenoxy) is 1. The van der Waals surface area contributed by atoms with Crippen LogP contribution < -0.4 is 9.64 Å². The smallest absolute Gasteiger partial charge is 0.354 e. The molecule has 1 amide bonds. The van der Waals surface area contributed by atoms with Crippen LogP contribution in [0.3, 0.4) is 0 Å². The van der Waals surface area contributed by atoms with Gasteiger partial charge >= 0.3 is 5.97 Å². The second-order valence-electron chi connectivity index (χ2n) is 5.66. The van der Waals surface area contributed by atoms with E-state index in [0.717, 1.165) is 0 Å². The molecular formula is C18H19N3O4. The number of pyridine rings is 1. The van der Waals surface area contributed by atoms with Gasteiger partial charge in [-0.2, -0.15) is 0 Å². The van der Waals surface area contributed by atoms with E-state index < -0.39 is 5.97 Å². The Kier molecular flexibility index (Phi) is 5.13. The molecule has 0 radical (unpaired) electrons. The first-order valence-corrected chi connectivity index (χ1v) is 8.04. The third-order valence-corrected chi connectivity index (χ3v) is 4.02. The lowest BCUT2D eigenvalue weighted by Gasteiger charge is -2.35. The minimum Gasteiger partial charge on any atom is -0.484 e. The van der Waals surface area contributed by atoms with Crippen molar-refractivity contribution in [3.8, 4) is 5.75 Å². The zero-order valence-electron chi connectivity index (χ0n) is 13.7. The maximum Gasteiger partial charge on any atom is 0.354 e. The molecule has 1 aromatic carbocycles. The van der Waals surface area contributed by atoms with Crippen LogP contribution in [-0.2, 0) is 4.79 Å². The summed E-state index contributed by atoms with van der Waals surface area (Å²) >= 11 is 0. The minimum absolute atomic E-state index is 0.0107. The van der Waals surface area contributed by atoms with Crippen molar-refractivity contribution >= 4 is 17.7 Å². The number of nitrogens with zero attached hydrogens (tertiary/aromatic N) is 3. The Labute approximate surface area is 145 Å². The lowest BCUT2D eigenvalue weighted by atomic mass is 10.3. The standard InChI is InChI=1S/C18H19N3O4/c22-17(13-25-14-5-2-1-3-6-14)21-11-9-20(10-12-21)16-8-4-7-15(19-16)18(23)24/h1-8H,9-13H2,(H,23,24). The molecule has 2 aromatic rings. The number of para-hydroxylation sites is 1. The van der Waals surface area contributed by atoms with Gasteiger partial charge in [0.05, 0.1) is 0 Å². The number of carboxylic acids is 1. The number of carbonyl (C=O) groups excluding carboxylic acids is 1. The highest BCUT2D eigenvalue weighted by atomic mass is 16.5. The van der Waals surface area contributed by atoms with Gasteiger partial charge in [-0.15, -0.1) is 0 Å². The molecule has 25 heavy (non-hydrogen) atoms. The number of hydrogen-bond acceptors (Lipinski definition) is 5. The Morgan fingerprint density at radius 3 is 2.40 bits per heavy atom. The van der Waals surface area contributed by atoms with Crippen LogP contribution in [0, 0.1) is 0 Å². The molecule has 1 aliphatic rings. The van der Waals surface area contributed by atoms with Crippen LogP contribution in [0.25, 0.3) is 0 Å². The molecule has 1 aliphatic heterocycles. The lowest BCUT2D eigenvalue weighted by molar-refractivity contribution is -0.133. The summed E-state index contributed by atoms with van der Waals surface area (Å²) in [5.74, 6) is 0.182. The summed E-state index contributed by atoms with van der Waals surface area (Å²) in [5, 5.41) is 9.03.